The van der Waals surface area contributed by atoms with Crippen molar-refractivity contribution in [1.82, 2.24) is 14.8 Å². The molecule has 0 radical (unpaired) electrons. The number of hydrogen-bond donors (Lipinski definition) is 0. The second-order valence-corrected chi connectivity index (χ2v) is 8.39. The van der Waals surface area contributed by atoms with Crippen LogP contribution in [0.25, 0.3) is 11.1 Å². The first-order valence-electron chi connectivity index (χ1n) is 10.2. The molecular weight excluding hydrogens is 326 g/mol. The highest BCUT2D eigenvalue weighted by Gasteiger charge is 2.30. The highest BCUT2D eigenvalue weighted by Crippen LogP contribution is 2.40. The third-order valence-electron chi connectivity index (χ3n) is 6.11. The fourth-order valence-corrected chi connectivity index (χ4v) is 4.27. The van der Waals surface area contributed by atoms with Crippen molar-refractivity contribution in [3.05, 3.63) is 29.7 Å². The lowest BCUT2D eigenvalue weighted by Gasteiger charge is -2.33. The second-order valence-electron chi connectivity index (χ2n) is 8.39. The van der Waals surface area contributed by atoms with Gasteiger partial charge in [0.25, 0.3) is 0 Å². The largest absolute Gasteiger partial charge is 0.440 e. The molecule has 0 spiro atoms. The van der Waals surface area contributed by atoms with E-state index in [4.69, 9.17) is 14.1 Å². The molecule has 1 aliphatic carbocycles. The lowest BCUT2D eigenvalue weighted by Crippen LogP contribution is -2.47. The molecule has 1 saturated carbocycles. The summed E-state index contributed by atoms with van der Waals surface area (Å²) < 4.78 is 12.2. The van der Waals surface area contributed by atoms with E-state index in [1.165, 1.54) is 57.4 Å². The van der Waals surface area contributed by atoms with E-state index in [9.17, 15) is 0 Å². The van der Waals surface area contributed by atoms with Crippen LogP contribution in [0.4, 0.5) is 0 Å². The van der Waals surface area contributed by atoms with Gasteiger partial charge in [0.15, 0.2) is 11.5 Å². The van der Waals surface area contributed by atoms with Crippen molar-refractivity contribution >= 4 is 11.1 Å². The molecule has 5 heteroatoms. The molecule has 3 heterocycles. The SMILES string of the molecule is CN1CCN(C[C@H]2CC[C@@H](Cc3ccc4oc(C5CC5)nc4c3)O2)CC1. The zero-order valence-corrected chi connectivity index (χ0v) is 15.7. The lowest BCUT2D eigenvalue weighted by atomic mass is 10.0. The monoisotopic (exact) mass is 355 g/mol. The molecule has 0 unspecified atom stereocenters. The Kier molecular flexibility index (Phi) is 4.47. The van der Waals surface area contributed by atoms with E-state index >= 15 is 0 Å². The normalized spacial score (nSPS) is 28.2. The van der Waals surface area contributed by atoms with Gasteiger partial charge in [-0.1, -0.05) is 6.07 Å². The zero-order chi connectivity index (χ0) is 17.5. The van der Waals surface area contributed by atoms with E-state index in [0.717, 1.165) is 30.0 Å². The molecular formula is C21H29N3O2. The van der Waals surface area contributed by atoms with E-state index < -0.39 is 0 Å². The summed E-state index contributed by atoms with van der Waals surface area (Å²) in [5.74, 6) is 1.50. The maximum atomic E-state index is 6.36. The molecule has 3 aliphatic rings. The number of oxazole rings is 1. The van der Waals surface area contributed by atoms with Crippen LogP contribution in [0, 0.1) is 0 Å². The van der Waals surface area contributed by atoms with Gasteiger partial charge in [-0.3, -0.25) is 4.90 Å². The van der Waals surface area contributed by atoms with Crippen molar-refractivity contribution in [3.63, 3.8) is 0 Å². The van der Waals surface area contributed by atoms with Gasteiger partial charge in [-0.05, 0) is 56.8 Å². The number of ether oxygens (including phenoxy) is 1. The van der Waals surface area contributed by atoms with Crippen LogP contribution in [-0.4, -0.2) is 66.8 Å². The van der Waals surface area contributed by atoms with Gasteiger partial charge in [-0.25, -0.2) is 4.98 Å². The van der Waals surface area contributed by atoms with Gasteiger partial charge < -0.3 is 14.1 Å². The number of rotatable bonds is 5. The third-order valence-corrected chi connectivity index (χ3v) is 6.11. The molecule has 26 heavy (non-hydrogen) atoms. The van der Waals surface area contributed by atoms with Gasteiger partial charge in [0.05, 0.1) is 12.2 Å². The molecule has 1 aromatic carbocycles. The number of fused-ring (bicyclic) bond motifs is 1. The van der Waals surface area contributed by atoms with Crippen LogP contribution < -0.4 is 0 Å². The summed E-state index contributed by atoms with van der Waals surface area (Å²) in [6, 6.07) is 6.46. The number of aromatic nitrogens is 1. The predicted octanol–water partition coefficient (Wildman–Crippen LogP) is 3.04. The molecule has 2 saturated heterocycles. The molecule has 0 bridgehead atoms. The first-order valence-corrected chi connectivity index (χ1v) is 10.2. The number of likely N-dealkylation sites (N-methyl/N-ethyl adjacent to an activating group) is 1. The molecule has 1 aromatic heterocycles. The molecule has 2 aliphatic heterocycles. The van der Waals surface area contributed by atoms with Crippen LogP contribution in [0.2, 0.25) is 0 Å². The topological polar surface area (TPSA) is 41.7 Å². The quantitative estimate of drug-likeness (QED) is 0.825. The fraction of sp³-hybridized carbons (Fsp3) is 0.667. The highest BCUT2D eigenvalue weighted by atomic mass is 16.5. The minimum absolute atomic E-state index is 0.347. The van der Waals surface area contributed by atoms with Gasteiger partial charge >= 0.3 is 0 Å². The van der Waals surface area contributed by atoms with Gasteiger partial charge in [-0.2, -0.15) is 0 Å². The minimum Gasteiger partial charge on any atom is -0.440 e. The number of benzene rings is 1. The van der Waals surface area contributed by atoms with Crippen molar-refractivity contribution in [3.8, 4) is 0 Å². The molecule has 3 fully saturated rings. The van der Waals surface area contributed by atoms with Crippen molar-refractivity contribution < 1.29 is 9.15 Å². The molecule has 0 N–H and O–H groups in total. The molecule has 140 valence electrons. The van der Waals surface area contributed by atoms with E-state index in [2.05, 4.69) is 35.0 Å². The molecule has 2 aromatic rings. The maximum Gasteiger partial charge on any atom is 0.198 e. The lowest BCUT2D eigenvalue weighted by molar-refractivity contribution is 0.0146. The Labute approximate surface area is 155 Å². The highest BCUT2D eigenvalue weighted by molar-refractivity contribution is 5.73. The van der Waals surface area contributed by atoms with Crippen LogP contribution >= 0.6 is 0 Å². The molecule has 0 amide bonds. The van der Waals surface area contributed by atoms with E-state index in [0.29, 0.717) is 18.1 Å². The Balaban J connectivity index is 1.17. The van der Waals surface area contributed by atoms with Crippen molar-refractivity contribution in [2.45, 2.75) is 50.2 Å². The Morgan fingerprint density at radius 2 is 1.85 bits per heavy atom. The Morgan fingerprint density at radius 3 is 2.65 bits per heavy atom. The summed E-state index contributed by atoms with van der Waals surface area (Å²) in [6.07, 6.45) is 6.55. The summed E-state index contributed by atoms with van der Waals surface area (Å²) in [7, 11) is 2.21. The summed E-state index contributed by atoms with van der Waals surface area (Å²) in [5, 5.41) is 0. The average molecular weight is 355 g/mol. The summed E-state index contributed by atoms with van der Waals surface area (Å²) in [5.41, 5.74) is 3.26. The van der Waals surface area contributed by atoms with Crippen LogP contribution in [0.3, 0.4) is 0 Å². The summed E-state index contributed by atoms with van der Waals surface area (Å²) in [4.78, 5) is 9.66. The Bertz CT molecular complexity index is 762. The Hall–Kier alpha value is -1.43. The number of piperazine rings is 1. The number of hydrogen-bond acceptors (Lipinski definition) is 5. The minimum atomic E-state index is 0.347. The van der Waals surface area contributed by atoms with E-state index in [1.54, 1.807) is 0 Å². The van der Waals surface area contributed by atoms with Crippen LogP contribution in [0.5, 0.6) is 0 Å². The molecule has 5 rings (SSSR count). The van der Waals surface area contributed by atoms with Gasteiger partial charge in [0, 0.05) is 38.6 Å². The van der Waals surface area contributed by atoms with Gasteiger partial charge in [-0.15, -0.1) is 0 Å². The molecule has 2 atom stereocenters. The van der Waals surface area contributed by atoms with E-state index in [-0.39, 0.29) is 0 Å². The summed E-state index contributed by atoms with van der Waals surface area (Å²) >= 11 is 0. The van der Waals surface area contributed by atoms with Crippen LogP contribution in [-0.2, 0) is 11.2 Å². The maximum absolute atomic E-state index is 6.36. The van der Waals surface area contributed by atoms with Crippen molar-refractivity contribution in [2.24, 2.45) is 0 Å². The van der Waals surface area contributed by atoms with Gasteiger partial charge in [0.1, 0.15) is 5.52 Å². The van der Waals surface area contributed by atoms with Crippen LogP contribution in [0.1, 0.15) is 43.1 Å². The van der Waals surface area contributed by atoms with Crippen molar-refractivity contribution in [2.75, 3.05) is 39.8 Å². The Morgan fingerprint density at radius 1 is 1.04 bits per heavy atom. The average Bonchev–Trinajstić information content (AvgIpc) is 3.27. The van der Waals surface area contributed by atoms with E-state index in [1.807, 2.05) is 0 Å². The summed E-state index contributed by atoms with van der Waals surface area (Å²) in [6.45, 7) is 5.80. The predicted molar refractivity (Wildman–Crippen MR) is 102 cm³/mol. The second kappa shape index (κ2) is 6.95. The zero-order valence-electron chi connectivity index (χ0n) is 15.7. The van der Waals surface area contributed by atoms with Crippen LogP contribution in [0.15, 0.2) is 22.6 Å². The van der Waals surface area contributed by atoms with Gasteiger partial charge in [0.2, 0.25) is 0 Å². The smallest absolute Gasteiger partial charge is 0.198 e. The van der Waals surface area contributed by atoms with Crippen molar-refractivity contribution in [1.29, 1.82) is 0 Å². The standard InChI is InChI=1S/C21H29N3O2/c1-23-8-10-24(11-9-23)14-18-6-5-17(25-18)12-15-2-7-20-19(13-15)22-21(26-20)16-3-4-16/h2,7,13,16-18H,3-6,8-12,14H2,1H3/t17-,18+/m0/s1. The first kappa shape index (κ1) is 16.7. The number of nitrogens with zero attached hydrogens (tertiary/aromatic N) is 3. The first-order chi connectivity index (χ1) is 12.7. The fourth-order valence-electron chi connectivity index (χ4n) is 4.27. The molecule has 5 nitrogen and oxygen atoms in total. The third kappa shape index (κ3) is 3.66.